The van der Waals surface area contributed by atoms with Crippen LogP contribution in [0.1, 0.15) is 17.9 Å². The predicted octanol–water partition coefficient (Wildman–Crippen LogP) is 2.16. The molecule has 0 aliphatic rings. The largest absolute Gasteiger partial charge is 0.461 e. The third-order valence-corrected chi connectivity index (χ3v) is 3.81. The number of pyridine rings is 1. The van der Waals surface area contributed by atoms with E-state index >= 15 is 0 Å². The van der Waals surface area contributed by atoms with E-state index in [1.807, 2.05) is 24.4 Å². The molecular formula is C18H16N6O3. The second-order valence-corrected chi connectivity index (χ2v) is 5.74. The summed E-state index contributed by atoms with van der Waals surface area (Å²) in [5.74, 6) is 1.88. The lowest BCUT2D eigenvalue weighted by molar-refractivity contribution is -0.121. The summed E-state index contributed by atoms with van der Waals surface area (Å²) >= 11 is 0. The van der Waals surface area contributed by atoms with Crippen LogP contribution >= 0.6 is 0 Å². The van der Waals surface area contributed by atoms with E-state index in [0.29, 0.717) is 36.3 Å². The number of amides is 1. The molecule has 9 nitrogen and oxygen atoms in total. The molecule has 0 aliphatic carbocycles. The molecule has 1 amide bonds. The van der Waals surface area contributed by atoms with Gasteiger partial charge in [0, 0.05) is 38.0 Å². The Morgan fingerprint density at radius 2 is 2.19 bits per heavy atom. The van der Waals surface area contributed by atoms with Gasteiger partial charge in [0.2, 0.25) is 17.6 Å². The van der Waals surface area contributed by atoms with Crippen LogP contribution in [-0.2, 0) is 17.8 Å². The molecule has 0 unspecified atom stereocenters. The third-order valence-electron chi connectivity index (χ3n) is 3.81. The average Bonchev–Trinajstić information content (AvgIpc) is 3.46. The van der Waals surface area contributed by atoms with E-state index in [2.05, 4.69) is 25.5 Å². The monoisotopic (exact) mass is 364 g/mol. The summed E-state index contributed by atoms with van der Waals surface area (Å²) in [6, 6.07) is 9.04. The highest BCUT2D eigenvalue weighted by Gasteiger charge is 2.12. The molecular weight excluding hydrogens is 348 g/mol. The number of rotatable bonds is 7. The topological polar surface area (TPSA) is 112 Å². The number of carbonyl (C=O) groups excluding carboxylic acids is 1. The summed E-state index contributed by atoms with van der Waals surface area (Å²) in [5, 5.41) is 10.9. The summed E-state index contributed by atoms with van der Waals surface area (Å²) < 4.78 is 12.0. The fourth-order valence-corrected chi connectivity index (χ4v) is 2.47. The number of hydrogen-bond acceptors (Lipinski definition) is 7. The van der Waals surface area contributed by atoms with Gasteiger partial charge in [-0.15, -0.1) is 0 Å². The van der Waals surface area contributed by atoms with Crippen LogP contribution in [0.15, 0.2) is 64.1 Å². The summed E-state index contributed by atoms with van der Waals surface area (Å²) in [6.07, 6.45) is 7.32. The van der Waals surface area contributed by atoms with Gasteiger partial charge >= 0.3 is 0 Å². The Morgan fingerprint density at radius 3 is 3.00 bits per heavy atom. The van der Waals surface area contributed by atoms with Crippen molar-refractivity contribution in [3.63, 3.8) is 0 Å². The quantitative estimate of drug-likeness (QED) is 0.535. The number of nitrogens with zero attached hydrogens (tertiary/aromatic N) is 5. The van der Waals surface area contributed by atoms with E-state index in [9.17, 15) is 4.79 Å². The number of carbonyl (C=O) groups is 1. The van der Waals surface area contributed by atoms with E-state index < -0.39 is 0 Å². The van der Waals surface area contributed by atoms with Crippen LogP contribution in [-0.4, -0.2) is 30.8 Å². The standard InChI is InChI=1S/C18H16N6O3/c25-16(4-5-17-22-18(23-27-17)14-3-1-10-26-14)20-12-13-6-8-19-15(11-13)24-9-2-7-21-24/h1-3,6-11H,4-5,12H2,(H,20,25). The lowest BCUT2D eigenvalue weighted by Gasteiger charge is -2.06. The molecule has 0 aliphatic heterocycles. The van der Waals surface area contributed by atoms with Crippen LogP contribution in [0.3, 0.4) is 0 Å². The van der Waals surface area contributed by atoms with Crippen LogP contribution in [0.5, 0.6) is 0 Å². The summed E-state index contributed by atoms with van der Waals surface area (Å²) in [6.45, 7) is 0.400. The van der Waals surface area contributed by atoms with Crippen molar-refractivity contribution < 1.29 is 13.7 Å². The van der Waals surface area contributed by atoms with E-state index in [1.165, 1.54) is 6.26 Å². The maximum absolute atomic E-state index is 12.1. The Kier molecular flexibility index (Phi) is 4.73. The minimum Gasteiger partial charge on any atom is -0.461 e. The zero-order valence-electron chi connectivity index (χ0n) is 14.3. The second-order valence-electron chi connectivity index (χ2n) is 5.74. The van der Waals surface area contributed by atoms with Crippen LogP contribution in [0.25, 0.3) is 17.4 Å². The van der Waals surface area contributed by atoms with Gasteiger partial charge in [-0.05, 0) is 35.9 Å². The van der Waals surface area contributed by atoms with Gasteiger partial charge in [-0.25, -0.2) is 9.67 Å². The van der Waals surface area contributed by atoms with E-state index in [4.69, 9.17) is 8.94 Å². The number of nitrogens with one attached hydrogen (secondary N) is 1. The van der Waals surface area contributed by atoms with Crippen molar-refractivity contribution in [1.29, 1.82) is 0 Å². The molecule has 4 aromatic heterocycles. The molecule has 136 valence electrons. The van der Waals surface area contributed by atoms with Crippen molar-refractivity contribution in [3.05, 3.63) is 66.6 Å². The highest BCUT2D eigenvalue weighted by atomic mass is 16.5. The zero-order chi connectivity index (χ0) is 18.5. The van der Waals surface area contributed by atoms with Gasteiger partial charge in [0.25, 0.3) is 0 Å². The van der Waals surface area contributed by atoms with Crippen molar-refractivity contribution in [3.8, 4) is 17.4 Å². The summed E-state index contributed by atoms with van der Waals surface area (Å²) in [7, 11) is 0. The number of aryl methyl sites for hydroxylation is 1. The predicted molar refractivity (Wildman–Crippen MR) is 93.5 cm³/mol. The molecule has 0 saturated carbocycles. The van der Waals surface area contributed by atoms with Crippen molar-refractivity contribution >= 4 is 5.91 Å². The molecule has 0 aromatic carbocycles. The Balaban J connectivity index is 1.28. The Bertz CT molecular complexity index is 1010. The molecule has 4 heterocycles. The van der Waals surface area contributed by atoms with E-state index in [1.54, 1.807) is 29.2 Å². The van der Waals surface area contributed by atoms with Gasteiger partial charge in [-0.3, -0.25) is 4.79 Å². The van der Waals surface area contributed by atoms with Gasteiger partial charge in [-0.1, -0.05) is 5.16 Å². The van der Waals surface area contributed by atoms with E-state index in [-0.39, 0.29) is 12.3 Å². The molecule has 0 radical (unpaired) electrons. The van der Waals surface area contributed by atoms with Crippen LogP contribution in [0.4, 0.5) is 0 Å². The fourth-order valence-electron chi connectivity index (χ4n) is 2.47. The minimum absolute atomic E-state index is 0.106. The minimum atomic E-state index is -0.106. The van der Waals surface area contributed by atoms with Gasteiger partial charge in [-0.2, -0.15) is 10.1 Å². The smallest absolute Gasteiger partial charge is 0.238 e. The molecule has 4 aromatic rings. The fraction of sp³-hybridized carbons (Fsp3) is 0.167. The normalized spacial score (nSPS) is 10.8. The van der Waals surface area contributed by atoms with Gasteiger partial charge in [0.15, 0.2) is 11.6 Å². The molecule has 27 heavy (non-hydrogen) atoms. The van der Waals surface area contributed by atoms with Gasteiger partial charge < -0.3 is 14.3 Å². The number of aromatic nitrogens is 5. The van der Waals surface area contributed by atoms with Crippen molar-refractivity contribution in [2.45, 2.75) is 19.4 Å². The van der Waals surface area contributed by atoms with Gasteiger partial charge in [0.05, 0.1) is 6.26 Å². The van der Waals surface area contributed by atoms with Crippen LogP contribution in [0.2, 0.25) is 0 Å². The molecule has 9 heteroatoms. The first kappa shape index (κ1) is 16.7. The van der Waals surface area contributed by atoms with Crippen molar-refractivity contribution in [2.75, 3.05) is 0 Å². The average molecular weight is 364 g/mol. The maximum atomic E-state index is 12.1. The first-order valence-electron chi connectivity index (χ1n) is 8.36. The Morgan fingerprint density at radius 1 is 1.22 bits per heavy atom. The van der Waals surface area contributed by atoms with Gasteiger partial charge in [0.1, 0.15) is 0 Å². The maximum Gasteiger partial charge on any atom is 0.238 e. The zero-order valence-corrected chi connectivity index (χ0v) is 14.3. The molecule has 4 rings (SSSR count). The molecule has 1 N–H and O–H groups in total. The first-order valence-corrected chi connectivity index (χ1v) is 8.36. The lowest BCUT2D eigenvalue weighted by Crippen LogP contribution is -2.23. The highest BCUT2D eigenvalue weighted by Crippen LogP contribution is 2.16. The second kappa shape index (κ2) is 7.65. The van der Waals surface area contributed by atoms with E-state index in [0.717, 1.165) is 5.56 Å². The summed E-state index contributed by atoms with van der Waals surface area (Å²) in [4.78, 5) is 20.6. The molecule has 0 bridgehead atoms. The summed E-state index contributed by atoms with van der Waals surface area (Å²) in [5.41, 5.74) is 0.932. The Labute approximate surface area is 154 Å². The molecule has 0 fully saturated rings. The first-order chi connectivity index (χ1) is 13.3. The molecule has 0 saturated heterocycles. The van der Waals surface area contributed by atoms with Crippen LogP contribution in [0, 0.1) is 0 Å². The SMILES string of the molecule is O=C(CCc1nc(-c2ccco2)no1)NCc1ccnc(-n2cccn2)c1. The lowest BCUT2D eigenvalue weighted by atomic mass is 10.2. The number of furan rings is 1. The third kappa shape index (κ3) is 4.09. The van der Waals surface area contributed by atoms with Crippen molar-refractivity contribution in [1.82, 2.24) is 30.2 Å². The molecule has 0 atom stereocenters. The molecule has 0 spiro atoms. The Hall–Kier alpha value is -3.75. The highest BCUT2D eigenvalue weighted by molar-refractivity contribution is 5.76. The van der Waals surface area contributed by atoms with Crippen molar-refractivity contribution in [2.24, 2.45) is 0 Å². The van der Waals surface area contributed by atoms with Crippen LogP contribution < -0.4 is 5.32 Å². The number of hydrogen-bond donors (Lipinski definition) is 1.